The third kappa shape index (κ3) is 6.66. The number of aliphatic hydroxyl groups is 1. The van der Waals surface area contributed by atoms with Crippen LogP contribution in [0.15, 0.2) is 0 Å². The van der Waals surface area contributed by atoms with Gasteiger partial charge in [0.1, 0.15) is 0 Å². The molecule has 0 rings (SSSR count). The van der Waals surface area contributed by atoms with Gasteiger partial charge in [0.15, 0.2) is 0 Å². The van der Waals surface area contributed by atoms with Crippen LogP contribution in [0.4, 0.5) is 0 Å². The van der Waals surface area contributed by atoms with Crippen LogP contribution in [-0.2, 0) is 0 Å². The standard InChI is InChI=1S/C11H23O/c1-4-6-7-8-9-10-11(3,12)5-2/h12H,2,4-10H2,1,3H3. The average Bonchev–Trinajstić information content (AvgIpc) is 2.04. The van der Waals surface area contributed by atoms with E-state index in [0.29, 0.717) is 6.42 Å². The van der Waals surface area contributed by atoms with Crippen LogP contribution in [0.3, 0.4) is 0 Å². The summed E-state index contributed by atoms with van der Waals surface area (Å²) in [5.41, 5.74) is -0.522. The second kappa shape index (κ2) is 6.47. The SMILES string of the molecule is [CH2]CC(C)(O)CCCCCCC. The maximum Gasteiger partial charge on any atom is 0.0619 e. The summed E-state index contributed by atoms with van der Waals surface area (Å²) in [7, 11) is 0. The van der Waals surface area contributed by atoms with E-state index in [4.69, 9.17) is 0 Å². The smallest absolute Gasteiger partial charge is 0.0619 e. The van der Waals surface area contributed by atoms with Crippen LogP contribution in [0.25, 0.3) is 0 Å². The van der Waals surface area contributed by atoms with Crippen LogP contribution in [-0.4, -0.2) is 10.7 Å². The molecule has 0 aliphatic rings. The van der Waals surface area contributed by atoms with Crippen LogP contribution in [0.1, 0.15) is 58.8 Å². The molecule has 0 spiro atoms. The fourth-order valence-corrected chi connectivity index (χ4v) is 1.23. The van der Waals surface area contributed by atoms with E-state index in [-0.39, 0.29) is 0 Å². The highest BCUT2D eigenvalue weighted by atomic mass is 16.3. The van der Waals surface area contributed by atoms with Gasteiger partial charge >= 0.3 is 0 Å². The van der Waals surface area contributed by atoms with Gasteiger partial charge in [-0.25, -0.2) is 0 Å². The van der Waals surface area contributed by atoms with Crippen molar-refractivity contribution in [3.05, 3.63) is 6.92 Å². The molecule has 0 aliphatic carbocycles. The number of rotatable bonds is 7. The highest BCUT2D eigenvalue weighted by Gasteiger charge is 2.15. The molecule has 1 N–H and O–H groups in total. The Morgan fingerprint density at radius 1 is 1.17 bits per heavy atom. The quantitative estimate of drug-likeness (QED) is 0.583. The van der Waals surface area contributed by atoms with Crippen molar-refractivity contribution in [2.24, 2.45) is 0 Å². The van der Waals surface area contributed by atoms with Gasteiger partial charge in [-0.3, -0.25) is 0 Å². The van der Waals surface area contributed by atoms with Gasteiger partial charge in [0, 0.05) is 0 Å². The monoisotopic (exact) mass is 171 g/mol. The molecule has 1 radical (unpaired) electrons. The lowest BCUT2D eigenvalue weighted by Crippen LogP contribution is -2.22. The Hall–Kier alpha value is -0.0400. The lowest BCUT2D eigenvalue weighted by molar-refractivity contribution is 0.0505. The molecule has 1 nitrogen and oxygen atoms in total. The molecular weight excluding hydrogens is 148 g/mol. The molecule has 0 aromatic heterocycles. The molecule has 0 aromatic carbocycles. The Kier molecular flexibility index (Phi) is 6.45. The van der Waals surface area contributed by atoms with Crippen molar-refractivity contribution in [2.75, 3.05) is 0 Å². The Morgan fingerprint density at radius 2 is 1.75 bits per heavy atom. The van der Waals surface area contributed by atoms with Gasteiger partial charge in [0.25, 0.3) is 0 Å². The maximum atomic E-state index is 9.62. The van der Waals surface area contributed by atoms with Crippen molar-refractivity contribution < 1.29 is 5.11 Å². The lowest BCUT2D eigenvalue weighted by atomic mass is 9.95. The highest BCUT2D eigenvalue weighted by molar-refractivity contribution is 4.72. The maximum absolute atomic E-state index is 9.62. The van der Waals surface area contributed by atoms with Gasteiger partial charge in [-0.15, -0.1) is 0 Å². The highest BCUT2D eigenvalue weighted by Crippen LogP contribution is 2.18. The van der Waals surface area contributed by atoms with E-state index in [1.165, 1.54) is 25.7 Å². The van der Waals surface area contributed by atoms with Crippen LogP contribution < -0.4 is 0 Å². The van der Waals surface area contributed by atoms with Gasteiger partial charge < -0.3 is 5.11 Å². The summed E-state index contributed by atoms with van der Waals surface area (Å²) in [6.45, 7) is 7.81. The fraction of sp³-hybridized carbons (Fsp3) is 0.909. The van der Waals surface area contributed by atoms with Gasteiger partial charge in [-0.1, -0.05) is 46.0 Å². The first-order valence-corrected chi connectivity index (χ1v) is 5.14. The van der Waals surface area contributed by atoms with Crippen LogP contribution in [0, 0.1) is 6.92 Å². The fourth-order valence-electron chi connectivity index (χ4n) is 1.23. The Labute approximate surface area is 77.2 Å². The zero-order valence-electron chi connectivity index (χ0n) is 8.60. The third-order valence-corrected chi connectivity index (χ3v) is 2.36. The minimum Gasteiger partial charge on any atom is -0.390 e. The van der Waals surface area contributed by atoms with E-state index in [2.05, 4.69) is 13.8 Å². The van der Waals surface area contributed by atoms with Crippen LogP contribution >= 0.6 is 0 Å². The third-order valence-electron chi connectivity index (χ3n) is 2.36. The summed E-state index contributed by atoms with van der Waals surface area (Å²) in [5, 5.41) is 9.62. The first kappa shape index (κ1) is 12.0. The zero-order valence-corrected chi connectivity index (χ0v) is 8.60. The minimum absolute atomic E-state index is 0.522. The molecule has 1 heteroatoms. The molecule has 0 aliphatic heterocycles. The van der Waals surface area contributed by atoms with Gasteiger partial charge in [0.05, 0.1) is 5.60 Å². The van der Waals surface area contributed by atoms with Crippen molar-refractivity contribution in [1.82, 2.24) is 0 Å². The molecule has 1 atom stereocenters. The number of unbranched alkanes of at least 4 members (excludes halogenated alkanes) is 4. The van der Waals surface area contributed by atoms with Crippen LogP contribution in [0.5, 0.6) is 0 Å². The Morgan fingerprint density at radius 3 is 2.25 bits per heavy atom. The van der Waals surface area contributed by atoms with E-state index in [0.717, 1.165) is 12.8 Å². The van der Waals surface area contributed by atoms with E-state index < -0.39 is 5.60 Å². The summed E-state index contributed by atoms with van der Waals surface area (Å²) in [6, 6.07) is 0. The molecule has 0 fully saturated rings. The van der Waals surface area contributed by atoms with Gasteiger partial charge in [-0.05, 0) is 19.8 Å². The van der Waals surface area contributed by atoms with Crippen molar-refractivity contribution in [3.8, 4) is 0 Å². The molecule has 0 saturated carbocycles. The topological polar surface area (TPSA) is 20.2 Å². The summed E-state index contributed by atoms with van der Waals surface area (Å²) in [4.78, 5) is 0. The van der Waals surface area contributed by atoms with Crippen molar-refractivity contribution in [1.29, 1.82) is 0 Å². The summed E-state index contributed by atoms with van der Waals surface area (Å²) in [5.74, 6) is 0. The van der Waals surface area contributed by atoms with Gasteiger partial charge in [-0.2, -0.15) is 0 Å². The largest absolute Gasteiger partial charge is 0.390 e. The molecule has 0 amide bonds. The van der Waals surface area contributed by atoms with E-state index in [1.54, 1.807) is 0 Å². The van der Waals surface area contributed by atoms with Crippen molar-refractivity contribution >= 4 is 0 Å². The van der Waals surface area contributed by atoms with E-state index >= 15 is 0 Å². The van der Waals surface area contributed by atoms with Gasteiger partial charge in [0.2, 0.25) is 0 Å². The van der Waals surface area contributed by atoms with Crippen molar-refractivity contribution in [3.63, 3.8) is 0 Å². The summed E-state index contributed by atoms with van der Waals surface area (Å²) >= 11 is 0. The predicted molar refractivity (Wildman–Crippen MR) is 54.0 cm³/mol. The zero-order chi connectivity index (χ0) is 9.45. The van der Waals surface area contributed by atoms with Crippen molar-refractivity contribution in [2.45, 2.75) is 64.4 Å². The Bertz CT molecular complexity index is 97.2. The molecule has 0 aromatic rings. The normalized spacial score (nSPS) is 16.0. The minimum atomic E-state index is -0.522. The summed E-state index contributed by atoms with van der Waals surface area (Å²) < 4.78 is 0. The molecule has 12 heavy (non-hydrogen) atoms. The second-order valence-corrected chi connectivity index (χ2v) is 3.91. The molecule has 0 bridgehead atoms. The molecule has 73 valence electrons. The van der Waals surface area contributed by atoms with E-state index in [1.807, 2.05) is 6.92 Å². The Balaban J connectivity index is 3.19. The lowest BCUT2D eigenvalue weighted by Gasteiger charge is -2.20. The average molecular weight is 171 g/mol. The first-order chi connectivity index (χ1) is 5.62. The molecule has 1 unspecified atom stereocenters. The summed E-state index contributed by atoms with van der Waals surface area (Å²) in [6.07, 6.45) is 7.84. The molecule has 0 heterocycles. The molecular formula is C11H23O. The second-order valence-electron chi connectivity index (χ2n) is 3.91. The predicted octanol–water partition coefficient (Wildman–Crippen LogP) is 3.32. The molecule has 0 saturated heterocycles. The first-order valence-electron chi connectivity index (χ1n) is 5.14. The van der Waals surface area contributed by atoms with E-state index in [9.17, 15) is 5.11 Å². The van der Waals surface area contributed by atoms with Crippen LogP contribution in [0.2, 0.25) is 0 Å². The number of hydrogen-bond donors (Lipinski definition) is 1. The number of hydrogen-bond acceptors (Lipinski definition) is 1.